The molecule has 0 unspecified atom stereocenters. The third kappa shape index (κ3) is 8.71. The number of piperidine rings is 1. The Morgan fingerprint density at radius 1 is 1.44 bits per heavy atom. The molecule has 0 atom stereocenters. The van der Waals surface area contributed by atoms with Gasteiger partial charge in [0.2, 0.25) is 0 Å². The second-order valence-corrected chi connectivity index (χ2v) is 5.15. The smallest absolute Gasteiger partial charge is 0.293 e. The quantitative estimate of drug-likeness (QED) is 0.771. The standard InChI is InChI=1S/C8H12N2O.C5H10O2/c9-4-1-8(11)7-2-5-10-6-3-7;1-5(2,3)7-4-6/h7,10H,1-3,5-6H2;4H,1-3H3. The molecule has 0 aromatic carbocycles. The molecule has 18 heavy (non-hydrogen) atoms. The normalized spacial score (nSPS) is 15.9. The predicted molar refractivity (Wildman–Crippen MR) is 67.7 cm³/mol. The summed E-state index contributed by atoms with van der Waals surface area (Å²) in [5.74, 6) is 0.268. The Labute approximate surface area is 108 Å². The van der Waals surface area contributed by atoms with Crippen molar-refractivity contribution in [2.75, 3.05) is 13.1 Å². The van der Waals surface area contributed by atoms with Gasteiger partial charge >= 0.3 is 0 Å². The van der Waals surface area contributed by atoms with Crippen molar-refractivity contribution in [3.63, 3.8) is 0 Å². The minimum Gasteiger partial charge on any atom is -0.462 e. The lowest BCUT2D eigenvalue weighted by Crippen LogP contribution is -2.31. The van der Waals surface area contributed by atoms with Crippen LogP contribution >= 0.6 is 0 Å². The first kappa shape index (κ1) is 16.6. The molecule has 1 heterocycles. The molecule has 1 aliphatic heterocycles. The third-order valence-corrected chi connectivity index (χ3v) is 2.45. The first-order valence-electron chi connectivity index (χ1n) is 6.12. The van der Waals surface area contributed by atoms with E-state index in [-0.39, 0.29) is 23.7 Å². The Morgan fingerprint density at radius 3 is 2.33 bits per heavy atom. The van der Waals surface area contributed by atoms with Gasteiger partial charge in [0, 0.05) is 5.92 Å². The van der Waals surface area contributed by atoms with Crippen molar-refractivity contribution in [3.05, 3.63) is 0 Å². The van der Waals surface area contributed by atoms with Gasteiger partial charge in [-0.3, -0.25) is 9.59 Å². The van der Waals surface area contributed by atoms with Gasteiger partial charge in [-0.05, 0) is 46.7 Å². The zero-order valence-corrected chi connectivity index (χ0v) is 11.4. The van der Waals surface area contributed by atoms with Gasteiger partial charge in [-0.25, -0.2) is 0 Å². The lowest BCUT2D eigenvalue weighted by Gasteiger charge is -2.19. The summed E-state index contributed by atoms with van der Waals surface area (Å²) in [5.41, 5.74) is -0.318. The molecular weight excluding hydrogens is 232 g/mol. The summed E-state index contributed by atoms with van der Waals surface area (Å²) < 4.78 is 4.55. The third-order valence-electron chi connectivity index (χ3n) is 2.45. The molecule has 1 saturated heterocycles. The Balaban J connectivity index is 0.000000360. The molecule has 1 N–H and O–H groups in total. The molecule has 0 amide bonds. The van der Waals surface area contributed by atoms with Crippen molar-refractivity contribution in [2.45, 2.75) is 45.6 Å². The molecular formula is C13H22N2O3. The van der Waals surface area contributed by atoms with Gasteiger partial charge in [-0.2, -0.15) is 5.26 Å². The molecule has 1 fully saturated rings. The SMILES string of the molecule is CC(C)(C)OC=O.N#CCC(=O)C1CCNCC1. The second-order valence-electron chi connectivity index (χ2n) is 5.15. The summed E-state index contributed by atoms with van der Waals surface area (Å²) in [6.07, 6.45) is 1.89. The number of hydrogen-bond donors (Lipinski definition) is 1. The monoisotopic (exact) mass is 254 g/mol. The minimum absolute atomic E-state index is 0.0880. The van der Waals surface area contributed by atoms with Crippen molar-refractivity contribution < 1.29 is 14.3 Å². The predicted octanol–water partition coefficient (Wildman–Crippen LogP) is 1.43. The zero-order valence-electron chi connectivity index (χ0n) is 11.4. The molecule has 1 aliphatic rings. The lowest BCUT2D eigenvalue weighted by molar-refractivity contribution is -0.138. The molecule has 0 aliphatic carbocycles. The molecule has 5 nitrogen and oxygen atoms in total. The Hall–Kier alpha value is -1.41. The fourth-order valence-electron chi connectivity index (χ4n) is 1.51. The van der Waals surface area contributed by atoms with Crippen LogP contribution in [-0.2, 0) is 14.3 Å². The molecule has 0 radical (unpaired) electrons. The van der Waals surface area contributed by atoms with Crippen LogP contribution in [0.1, 0.15) is 40.0 Å². The average Bonchev–Trinajstić information content (AvgIpc) is 2.30. The summed E-state index contributed by atoms with van der Waals surface area (Å²) in [6.45, 7) is 7.76. The average molecular weight is 254 g/mol. The number of nitrogens with one attached hydrogen (secondary N) is 1. The maximum atomic E-state index is 11.1. The van der Waals surface area contributed by atoms with Crippen LogP contribution < -0.4 is 5.32 Å². The van der Waals surface area contributed by atoms with Crippen molar-refractivity contribution >= 4 is 12.3 Å². The maximum Gasteiger partial charge on any atom is 0.293 e. The number of nitrogens with zero attached hydrogens (tertiary/aromatic N) is 1. The number of nitriles is 1. The van der Waals surface area contributed by atoms with Gasteiger partial charge in [0.25, 0.3) is 6.47 Å². The summed E-state index contributed by atoms with van der Waals surface area (Å²) in [5, 5.41) is 11.5. The zero-order chi connectivity index (χ0) is 14.0. The number of hydrogen-bond acceptors (Lipinski definition) is 5. The second kappa shape index (κ2) is 8.65. The Bertz CT molecular complexity index is 296. The highest BCUT2D eigenvalue weighted by Crippen LogP contribution is 2.13. The van der Waals surface area contributed by atoms with Crippen molar-refractivity contribution in [1.82, 2.24) is 5.32 Å². The number of ketones is 1. The lowest BCUT2D eigenvalue weighted by atomic mass is 9.92. The van der Waals surface area contributed by atoms with Gasteiger partial charge in [0.05, 0.1) is 12.5 Å². The maximum absolute atomic E-state index is 11.1. The molecule has 0 aromatic rings. The van der Waals surface area contributed by atoms with E-state index in [9.17, 15) is 9.59 Å². The number of ether oxygens (including phenoxy) is 1. The van der Waals surface area contributed by atoms with E-state index in [4.69, 9.17) is 5.26 Å². The van der Waals surface area contributed by atoms with E-state index in [2.05, 4.69) is 10.1 Å². The van der Waals surface area contributed by atoms with Crippen molar-refractivity contribution in [1.29, 1.82) is 5.26 Å². The molecule has 5 heteroatoms. The number of carbonyl (C=O) groups is 2. The fraction of sp³-hybridized carbons (Fsp3) is 0.769. The molecule has 0 aromatic heterocycles. The van der Waals surface area contributed by atoms with Crippen LogP contribution in [0.15, 0.2) is 0 Å². The molecule has 0 bridgehead atoms. The van der Waals surface area contributed by atoms with Gasteiger partial charge in [0.1, 0.15) is 11.4 Å². The highest BCUT2D eigenvalue weighted by atomic mass is 16.5. The Kier molecular flexibility index (Phi) is 7.97. The van der Waals surface area contributed by atoms with Crippen LogP contribution in [0.4, 0.5) is 0 Å². The first-order valence-corrected chi connectivity index (χ1v) is 6.12. The summed E-state index contributed by atoms with van der Waals surface area (Å²) in [6, 6.07) is 1.89. The largest absolute Gasteiger partial charge is 0.462 e. The van der Waals surface area contributed by atoms with Crippen LogP contribution in [0.3, 0.4) is 0 Å². The van der Waals surface area contributed by atoms with Crippen LogP contribution in [0.25, 0.3) is 0 Å². The summed E-state index contributed by atoms with van der Waals surface area (Å²) in [7, 11) is 0. The number of Topliss-reactive ketones (excluding diaryl/α,β-unsaturated/α-hetero) is 1. The Morgan fingerprint density at radius 2 is 2.00 bits per heavy atom. The van der Waals surface area contributed by atoms with Crippen LogP contribution in [0, 0.1) is 17.2 Å². The van der Waals surface area contributed by atoms with E-state index in [0.717, 1.165) is 25.9 Å². The summed E-state index contributed by atoms with van der Waals surface area (Å²) in [4.78, 5) is 20.7. The van der Waals surface area contributed by atoms with E-state index in [0.29, 0.717) is 6.47 Å². The van der Waals surface area contributed by atoms with E-state index in [1.54, 1.807) is 0 Å². The molecule has 0 saturated carbocycles. The van der Waals surface area contributed by atoms with E-state index in [1.165, 1.54) is 0 Å². The van der Waals surface area contributed by atoms with Gasteiger partial charge in [0.15, 0.2) is 0 Å². The molecule has 102 valence electrons. The van der Waals surface area contributed by atoms with E-state index < -0.39 is 0 Å². The van der Waals surface area contributed by atoms with E-state index in [1.807, 2.05) is 26.8 Å². The van der Waals surface area contributed by atoms with Crippen LogP contribution in [0.2, 0.25) is 0 Å². The number of carbonyl (C=O) groups excluding carboxylic acids is 2. The molecule has 0 spiro atoms. The molecule has 1 rings (SSSR count). The first-order chi connectivity index (χ1) is 8.40. The van der Waals surface area contributed by atoms with Crippen LogP contribution in [-0.4, -0.2) is 30.9 Å². The van der Waals surface area contributed by atoms with Gasteiger partial charge in [-0.1, -0.05) is 0 Å². The topological polar surface area (TPSA) is 79.2 Å². The highest BCUT2D eigenvalue weighted by molar-refractivity contribution is 5.82. The summed E-state index contributed by atoms with van der Waals surface area (Å²) >= 11 is 0. The minimum atomic E-state index is -0.318. The van der Waals surface area contributed by atoms with Crippen LogP contribution in [0.5, 0.6) is 0 Å². The van der Waals surface area contributed by atoms with E-state index >= 15 is 0 Å². The highest BCUT2D eigenvalue weighted by Gasteiger charge is 2.19. The van der Waals surface area contributed by atoms with Gasteiger partial charge < -0.3 is 10.1 Å². The fourth-order valence-corrected chi connectivity index (χ4v) is 1.51. The number of rotatable bonds is 3. The van der Waals surface area contributed by atoms with Gasteiger partial charge in [-0.15, -0.1) is 0 Å². The van der Waals surface area contributed by atoms with Crippen molar-refractivity contribution in [2.24, 2.45) is 5.92 Å². The van der Waals surface area contributed by atoms with Crippen molar-refractivity contribution in [3.8, 4) is 6.07 Å².